The number of hydrogen-bond donors (Lipinski definition) is 1. The van der Waals surface area contributed by atoms with Crippen LogP contribution in [0.15, 0.2) is 41.3 Å². The Morgan fingerprint density at radius 1 is 1.00 bits per heavy atom. The van der Waals surface area contributed by atoms with Gasteiger partial charge in [-0.15, -0.1) is 21.5 Å². The van der Waals surface area contributed by atoms with Crippen molar-refractivity contribution in [2.75, 3.05) is 21.3 Å². The normalized spacial score (nSPS) is 16.6. The molecule has 10 heteroatoms. The fourth-order valence-corrected chi connectivity index (χ4v) is 5.49. The average molecular weight is 512 g/mol. The van der Waals surface area contributed by atoms with Crippen LogP contribution in [-0.2, 0) is 17.8 Å². The summed E-state index contributed by atoms with van der Waals surface area (Å²) in [6.45, 7) is 2.24. The Bertz CT molecular complexity index is 1290. The van der Waals surface area contributed by atoms with Crippen molar-refractivity contribution in [1.29, 1.82) is 5.41 Å². The van der Waals surface area contributed by atoms with Gasteiger partial charge in [-0.25, -0.2) is 0 Å². The number of benzene rings is 2. The maximum absolute atomic E-state index is 13.0. The topological polar surface area (TPSA) is 104 Å². The van der Waals surface area contributed by atoms with E-state index in [1.807, 2.05) is 31.2 Å². The zero-order valence-corrected chi connectivity index (χ0v) is 21.4. The highest BCUT2D eigenvalue weighted by Gasteiger charge is 2.39. The molecule has 2 aromatic carbocycles. The average Bonchev–Trinajstić information content (AvgIpc) is 3.46. The first-order valence-electron chi connectivity index (χ1n) is 10.8. The summed E-state index contributed by atoms with van der Waals surface area (Å²) in [7, 11) is 4.78. The quantitative estimate of drug-likeness (QED) is 0.395. The number of ketones is 1. The second-order valence-corrected chi connectivity index (χ2v) is 9.71. The van der Waals surface area contributed by atoms with Crippen molar-refractivity contribution in [3.05, 3.63) is 62.4 Å². The van der Waals surface area contributed by atoms with Crippen LogP contribution in [0.1, 0.15) is 34.0 Å². The summed E-state index contributed by atoms with van der Waals surface area (Å²) in [5, 5.41) is 18.2. The van der Waals surface area contributed by atoms with Gasteiger partial charge in [0.05, 0.1) is 31.3 Å². The van der Waals surface area contributed by atoms with Gasteiger partial charge in [-0.3, -0.25) is 10.2 Å². The molecule has 182 valence electrons. The summed E-state index contributed by atoms with van der Waals surface area (Å²) >= 11 is 2.54. The molecule has 1 fully saturated rings. The highest BCUT2D eigenvalue weighted by atomic mass is 32.2. The third-order valence-electron chi connectivity index (χ3n) is 5.38. The largest absolute Gasteiger partial charge is 0.497 e. The monoisotopic (exact) mass is 511 g/mol. The van der Waals surface area contributed by atoms with Gasteiger partial charge in [-0.1, -0.05) is 24.8 Å². The molecule has 4 rings (SSSR count). The number of aromatic nitrogens is 2. The lowest BCUT2D eigenvalue weighted by molar-refractivity contribution is -0.114. The number of hydrogen-bond acceptors (Lipinski definition) is 10. The summed E-state index contributed by atoms with van der Waals surface area (Å²) in [5.41, 5.74) is 1.60. The summed E-state index contributed by atoms with van der Waals surface area (Å²) in [5.74, 6) is 1.67. The molecule has 0 unspecified atom stereocenters. The van der Waals surface area contributed by atoms with Crippen LogP contribution in [0.4, 0.5) is 0 Å². The van der Waals surface area contributed by atoms with Gasteiger partial charge in [0.1, 0.15) is 34.0 Å². The standard InChI is InChI=1S/C25H25N3O5S2/c1-5-21-27-28-25(35-21)22-23(29)20(34-24(22)26)11-14-6-8-18(19(10-14)32-4)33-13-15-12-16(30-2)7-9-17(15)31-3/h6-12,22,26H,5,13H2,1-4H3/b20-11-,26-24?/t22-/m1/s1. The molecule has 8 nitrogen and oxygen atoms in total. The Labute approximate surface area is 211 Å². The third kappa shape index (κ3) is 5.33. The number of carbonyl (C=O) groups is 1. The molecular formula is C25H25N3O5S2. The van der Waals surface area contributed by atoms with E-state index >= 15 is 0 Å². The van der Waals surface area contributed by atoms with Crippen molar-refractivity contribution in [3.63, 3.8) is 0 Å². The van der Waals surface area contributed by atoms with E-state index in [0.717, 1.165) is 34.3 Å². The maximum atomic E-state index is 13.0. The number of rotatable bonds is 9. The second kappa shape index (κ2) is 10.9. The van der Waals surface area contributed by atoms with E-state index in [4.69, 9.17) is 24.4 Å². The Morgan fingerprint density at radius 2 is 1.77 bits per heavy atom. The van der Waals surface area contributed by atoms with Crippen LogP contribution in [-0.4, -0.2) is 42.4 Å². The predicted octanol–water partition coefficient (Wildman–Crippen LogP) is 5.12. The van der Waals surface area contributed by atoms with Crippen LogP contribution in [0.2, 0.25) is 0 Å². The molecule has 1 aliphatic rings. The first-order valence-corrected chi connectivity index (χ1v) is 12.5. The second-order valence-electron chi connectivity index (χ2n) is 7.54. The van der Waals surface area contributed by atoms with Gasteiger partial charge in [-0.2, -0.15) is 0 Å². The van der Waals surface area contributed by atoms with Crippen LogP contribution in [0.3, 0.4) is 0 Å². The van der Waals surface area contributed by atoms with Gasteiger partial charge in [0.15, 0.2) is 17.3 Å². The molecule has 3 aromatic rings. The van der Waals surface area contributed by atoms with E-state index in [2.05, 4.69) is 10.2 Å². The molecule has 1 aliphatic heterocycles. The van der Waals surface area contributed by atoms with Crippen molar-refractivity contribution >= 4 is 40.0 Å². The first-order chi connectivity index (χ1) is 17.0. The molecule has 0 radical (unpaired) electrons. The van der Waals surface area contributed by atoms with Gasteiger partial charge in [0.2, 0.25) is 0 Å². The molecule has 2 heterocycles. The number of nitrogens with one attached hydrogen (secondary N) is 1. The minimum absolute atomic E-state index is 0.136. The van der Waals surface area contributed by atoms with Crippen molar-refractivity contribution in [3.8, 4) is 23.0 Å². The molecule has 35 heavy (non-hydrogen) atoms. The summed E-state index contributed by atoms with van der Waals surface area (Å²) in [4.78, 5) is 13.5. The van der Waals surface area contributed by atoms with Crippen molar-refractivity contribution < 1.29 is 23.7 Å². The Morgan fingerprint density at radius 3 is 2.46 bits per heavy atom. The predicted molar refractivity (Wildman–Crippen MR) is 137 cm³/mol. The van der Waals surface area contributed by atoms with Gasteiger partial charge in [-0.05, 0) is 48.4 Å². The number of ether oxygens (including phenoxy) is 4. The molecule has 1 N–H and O–H groups in total. The molecule has 0 saturated carbocycles. The van der Waals surface area contributed by atoms with Gasteiger partial charge in [0.25, 0.3) is 0 Å². The molecule has 0 spiro atoms. The van der Waals surface area contributed by atoms with Crippen molar-refractivity contribution in [1.82, 2.24) is 10.2 Å². The van der Waals surface area contributed by atoms with E-state index in [1.54, 1.807) is 39.5 Å². The molecule has 0 aliphatic carbocycles. The maximum Gasteiger partial charge on any atom is 0.186 e. The minimum atomic E-state index is -0.675. The number of Topliss-reactive ketones (excluding diaryl/α,β-unsaturated/α-hetero) is 1. The molecule has 1 saturated heterocycles. The van der Waals surface area contributed by atoms with Gasteiger partial charge < -0.3 is 18.9 Å². The minimum Gasteiger partial charge on any atom is -0.497 e. The van der Waals surface area contributed by atoms with E-state index in [0.29, 0.717) is 32.9 Å². The van der Waals surface area contributed by atoms with E-state index in [1.165, 1.54) is 11.3 Å². The van der Waals surface area contributed by atoms with Crippen LogP contribution in [0, 0.1) is 5.41 Å². The molecule has 1 aromatic heterocycles. The van der Waals surface area contributed by atoms with E-state index in [-0.39, 0.29) is 17.4 Å². The van der Waals surface area contributed by atoms with Crippen LogP contribution < -0.4 is 18.9 Å². The fourth-order valence-electron chi connectivity index (χ4n) is 3.53. The van der Waals surface area contributed by atoms with Gasteiger partial charge in [0, 0.05) is 5.56 Å². The van der Waals surface area contributed by atoms with E-state index < -0.39 is 5.92 Å². The van der Waals surface area contributed by atoms with E-state index in [9.17, 15) is 4.79 Å². The van der Waals surface area contributed by atoms with Crippen molar-refractivity contribution in [2.45, 2.75) is 25.9 Å². The lowest BCUT2D eigenvalue weighted by Crippen LogP contribution is -2.11. The van der Waals surface area contributed by atoms with Crippen LogP contribution >= 0.6 is 23.1 Å². The number of aryl methyl sites for hydroxylation is 1. The molecule has 1 atom stereocenters. The molecular weight excluding hydrogens is 486 g/mol. The highest BCUT2D eigenvalue weighted by molar-refractivity contribution is 8.19. The number of allylic oxidation sites excluding steroid dienone is 1. The number of nitrogens with zero attached hydrogens (tertiary/aromatic N) is 2. The van der Waals surface area contributed by atoms with Crippen LogP contribution in [0.5, 0.6) is 23.0 Å². The first kappa shape index (κ1) is 24.7. The number of thioether (sulfide) groups is 1. The summed E-state index contributed by atoms with van der Waals surface area (Å²) in [6.07, 6.45) is 2.52. The Balaban J connectivity index is 1.53. The lowest BCUT2D eigenvalue weighted by atomic mass is 10.1. The van der Waals surface area contributed by atoms with Gasteiger partial charge >= 0.3 is 0 Å². The SMILES string of the molecule is CCc1nnc([C@H]2C(=N)S/C(=C\c3ccc(OCc4cc(OC)ccc4OC)c(OC)c3)C2=O)s1. The van der Waals surface area contributed by atoms with Crippen molar-refractivity contribution in [2.24, 2.45) is 0 Å². The number of methoxy groups -OCH3 is 3. The highest BCUT2D eigenvalue weighted by Crippen LogP contribution is 2.42. The zero-order valence-electron chi connectivity index (χ0n) is 19.8. The molecule has 0 bridgehead atoms. The fraction of sp³-hybridized carbons (Fsp3) is 0.280. The third-order valence-corrected chi connectivity index (χ3v) is 7.50. The summed E-state index contributed by atoms with van der Waals surface area (Å²) in [6, 6.07) is 11.0. The lowest BCUT2D eigenvalue weighted by Gasteiger charge is -2.14. The Hall–Kier alpha value is -3.37. The van der Waals surface area contributed by atoms with Crippen LogP contribution in [0.25, 0.3) is 6.08 Å². The zero-order chi connectivity index (χ0) is 24.9. The molecule has 0 amide bonds. The summed E-state index contributed by atoms with van der Waals surface area (Å²) < 4.78 is 22.3. The number of carbonyl (C=O) groups excluding carboxylic acids is 1. The Kier molecular flexibility index (Phi) is 7.72. The smallest absolute Gasteiger partial charge is 0.186 e.